The van der Waals surface area contributed by atoms with Crippen LogP contribution in [0.1, 0.15) is 56.0 Å². The van der Waals surface area contributed by atoms with Crippen molar-refractivity contribution in [3.8, 4) is 11.5 Å². The van der Waals surface area contributed by atoms with E-state index in [1.54, 1.807) is 30.9 Å². The topological polar surface area (TPSA) is 135 Å². The smallest absolute Gasteiger partial charge is 0.247 e. The molecule has 3 N–H and O–H groups in total. The molecule has 0 fully saturated rings. The van der Waals surface area contributed by atoms with Gasteiger partial charge in [0.1, 0.15) is 18.5 Å². The van der Waals surface area contributed by atoms with E-state index in [0.717, 1.165) is 0 Å². The van der Waals surface area contributed by atoms with E-state index in [1.807, 2.05) is 13.8 Å². The number of nitrogens with one attached hydrogen (secondary N) is 1. The highest BCUT2D eigenvalue weighted by Gasteiger charge is 2.51. The molecular weight excluding hydrogens is 480 g/mol. The number of amides is 2. The van der Waals surface area contributed by atoms with Crippen molar-refractivity contribution in [3.05, 3.63) is 34.9 Å². The Kier molecular flexibility index (Phi) is 9.69. The molecule has 1 aliphatic carbocycles. The van der Waals surface area contributed by atoms with E-state index in [4.69, 9.17) is 14.2 Å². The second-order valence-corrected chi connectivity index (χ2v) is 9.86. The summed E-state index contributed by atoms with van der Waals surface area (Å²) < 4.78 is 17.3. The van der Waals surface area contributed by atoms with Gasteiger partial charge in [-0.1, -0.05) is 13.8 Å². The van der Waals surface area contributed by atoms with E-state index in [2.05, 4.69) is 5.32 Å². The molecule has 0 saturated carbocycles. The average molecular weight is 519 g/mol. The molecular formula is C27H38N2O8. The SMILES string of the molecule is COc1cc(C=O)cc2c1OC1C2C(C(=O)NCCO)=CC(N(CCCOC(C)C)C(=O)C(C)C)C1O. The molecule has 3 rings (SSSR count). The highest BCUT2D eigenvalue weighted by atomic mass is 16.5. The lowest BCUT2D eigenvalue weighted by Crippen LogP contribution is -2.56. The molecule has 0 saturated heterocycles. The Morgan fingerprint density at radius 3 is 2.57 bits per heavy atom. The van der Waals surface area contributed by atoms with E-state index in [9.17, 15) is 24.6 Å². The summed E-state index contributed by atoms with van der Waals surface area (Å²) in [5, 5.41) is 23.5. The predicted molar refractivity (Wildman–Crippen MR) is 136 cm³/mol. The van der Waals surface area contributed by atoms with Crippen LogP contribution in [0, 0.1) is 5.92 Å². The van der Waals surface area contributed by atoms with Crippen molar-refractivity contribution < 1.29 is 38.8 Å². The van der Waals surface area contributed by atoms with Crippen LogP contribution in [0.3, 0.4) is 0 Å². The average Bonchev–Trinajstić information content (AvgIpc) is 3.27. The van der Waals surface area contributed by atoms with Crippen molar-refractivity contribution in [3.63, 3.8) is 0 Å². The molecule has 1 aromatic carbocycles. The minimum atomic E-state index is -1.16. The second kappa shape index (κ2) is 12.5. The van der Waals surface area contributed by atoms with Crippen LogP contribution in [0.4, 0.5) is 0 Å². The number of aliphatic hydroxyl groups is 2. The molecule has 1 aliphatic heterocycles. The molecule has 4 atom stereocenters. The molecule has 2 aliphatic rings. The van der Waals surface area contributed by atoms with Gasteiger partial charge in [0.25, 0.3) is 0 Å². The standard InChI is InChI=1S/C27H38N2O8/c1-15(2)27(34)29(8-6-10-36-16(3)4)20-13-19(26(33)28-7-9-30)22-18-11-17(14-31)12-21(35-5)24(18)37-25(22)23(20)32/h11-16,20,22-23,25,30,32H,6-10H2,1-5H3,(H,28,33). The molecule has 1 aromatic rings. The van der Waals surface area contributed by atoms with Gasteiger partial charge in [-0.05, 0) is 38.5 Å². The van der Waals surface area contributed by atoms with Crippen molar-refractivity contribution in [1.82, 2.24) is 10.2 Å². The zero-order valence-electron chi connectivity index (χ0n) is 22.1. The van der Waals surface area contributed by atoms with E-state index in [-0.39, 0.29) is 36.7 Å². The lowest BCUT2D eigenvalue weighted by molar-refractivity contribution is -0.140. The van der Waals surface area contributed by atoms with Gasteiger partial charge in [0.15, 0.2) is 11.5 Å². The molecule has 4 unspecified atom stereocenters. The minimum absolute atomic E-state index is 0.0351. The van der Waals surface area contributed by atoms with Gasteiger partial charge in [0.05, 0.1) is 31.8 Å². The second-order valence-electron chi connectivity index (χ2n) is 9.86. The molecule has 10 heteroatoms. The Balaban J connectivity index is 2.06. The predicted octanol–water partition coefficient (Wildman–Crippen LogP) is 1.43. The summed E-state index contributed by atoms with van der Waals surface area (Å²) in [7, 11) is 1.45. The minimum Gasteiger partial charge on any atom is -0.493 e. The van der Waals surface area contributed by atoms with Crippen molar-refractivity contribution in [2.75, 3.05) is 33.4 Å². The molecule has 2 amide bonds. The zero-order valence-corrected chi connectivity index (χ0v) is 22.1. The van der Waals surface area contributed by atoms with Gasteiger partial charge < -0.3 is 34.6 Å². The van der Waals surface area contributed by atoms with Crippen molar-refractivity contribution in [2.24, 2.45) is 5.92 Å². The van der Waals surface area contributed by atoms with E-state index >= 15 is 0 Å². The Morgan fingerprint density at radius 1 is 1.24 bits per heavy atom. The number of hydrogen-bond acceptors (Lipinski definition) is 8. The Morgan fingerprint density at radius 2 is 1.97 bits per heavy atom. The third kappa shape index (κ3) is 6.14. The summed E-state index contributed by atoms with van der Waals surface area (Å²) >= 11 is 0. The van der Waals surface area contributed by atoms with Crippen LogP contribution in [0.15, 0.2) is 23.8 Å². The number of methoxy groups -OCH3 is 1. The van der Waals surface area contributed by atoms with Gasteiger partial charge in [0, 0.05) is 42.3 Å². The maximum absolute atomic E-state index is 13.3. The summed E-state index contributed by atoms with van der Waals surface area (Å²) in [4.78, 5) is 39.7. The number of nitrogens with zero attached hydrogens (tertiary/aromatic N) is 1. The molecule has 0 aromatic heterocycles. The van der Waals surface area contributed by atoms with Gasteiger partial charge in [0.2, 0.25) is 11.8 Å². The van der Waals surface area contributed by atoms with Crippen molar-refractivity contribution >= 4 is 18.1 Å². The van der Waals surface area contributed by atoms with Crippen LogP contribution in [0.5, 0.6) is 11.5 Å². The summed E-state index contributed by atoms with van der Waals surface area (Å²) in [5.41, 5.74) is 1.17. The van der Waals surface area contributed by atoms with Crippen LogP contribution in [-0.2, 0) is 14.3 Å². The number of fused-ring (bicyclic) bond motifs is 3. The monoisotopic (exact) mass is 518 g/mol. The number of carbonyl (C=O) groups excluding carboxylic acids is 3. The fraction of sp³-hybridized carbons (Fsp3) is 0.593. The van der Waals surface area contributed by atoms with Crippen LogP contribution >= 0.6 is 0 Å². The van der Waals surface area contributed by atoms with Crippen LogP contribution in [0.2, 0.25) is 0 Å². The number of ether oxygens (including phenoxy) is 3. The summed E-state index contributed by atoms with van der Waals surface area (Å²) in [5.74, 6) is -1.01. The molecule has 10 nitrogen and oxygen atoms in total. The first-order valence-electron chi connectivity index (χ1n) is 12.7. The fourth-order valence-electron chi connectivity index (χ4n) is 4.85. The van der Waals surface area contributed by atoms with Gasteiger partial charge in [-0.2, -0.15) is 0 Å². The van der Waals surface area contributed by atoms with Crippen molar-refractivity contribution in [1.29, 1.82) is 0 Å². The van der Waals surface area contributed by atoms with Gasteiger partial charge in [-0.3, -0.25) is 14.4 Å². The lowest BCUT2D eigenvalue weighted by Gasteiger charge is -2.41. The van der Waals surface area contributed by atoms with E-state index in [1.165, 1.54) is 13.2 Å². The largest absolute Gasteiger partial charge is 0.493 e. The Labute approximate surface area is 217 Å². The number of carbonyl (C=O) groups is 3. The number of aliphatic hydroxyl groups excluding tert-OH is 2. The molecule has 37 heavy (non-hydrogen) atoms. The van der Waals surface area contributed by atoms with Gasteiger partial charge in [-0.25, -0.2) is 0 Å². The Hall–Kier alpha value is -2.95. The lowest BCUT2D eigenvalue weighted by atomic mass is 9.77. The molecule has 0 radical (unpaired) electrons. The quantitative estimate of drug-likeness (QED) is 0.279. The molecule has 0 spiro atoms. The maximum atomic E-state index is 13.3. The summed E-state index contributed by atoms with van der Waals surface area (Å²) in [6.07, 6.45) is 0.825. The highest BCUT2D eigenvalue weighted by molar-refractivity contribution is 5.96. The van der Waals surface area contributed by atoms with E-state index < -0.39 is 30.1 Å². The number of aldehydes is 1. The Bertz CT molecular complexity index is 1020. The zero-order chi connectivity index (χ0) is 27.3. The number of hydrogen-bond donors (Lipinski definition) is 3. The first-order chi connectivity index (χ1) is 17.6. The van der Waals surface area contributed by atoms with Gasteiger partial charge >= 0.3 is 0 Å². The van der Waals surface area contributed by atoms with Crippen molar-refractivity contribution in [2.45, 2.75) is 64.4 Å². The highest BCUT2D eigenvalue weighted by Crippen LogP contribution is 2.51. The summed E-state index contributed by atoms with van der Waals surface area (Å²) in [6.45, 7) is 7.97. The molecule has 0 bridgehead atoms. The molecule has 204 valence electrons. The summed E-state index contributed by atoms with van der Waals surface area (Å²) in [6, 6.07) is 2.32. The van der Waals surface area contributed by atoms with Crippen LogP contribution < -0.4 is 14.8 Å². The third-order valence-corrected chi connectivity index (χ3v) is 6.54. The molecule has 1 heterocycles. The third-order valence-electron chi connectivity index (χ3n) is 6.54. The first kappa shape index (κ1) is 28.6. The maximum Gasteiger partial charge on any atom is 0.247 e. The van der Waals surface area contributed by atoms with Crippen LogP contribution in [-0.4, -0.2) is 91.0 Å². The number of benzene rings is 1. The van der Waals surface area contributed by atoms with Crippen LogP contribution in [0.25, 0.3) is 0 Å². The van der Waals surface area contributed by atoms with E-state index in [0.29, 0.717) is 48.5 Å². The van der Waals surface area contributed by atoms with Gasteiger partial charge in [-0.15, -0.1) is 0 Å². The normalized spacial score (nSPS) is 22.1. The number of rotatable bonds is 12. The first-order valence-corrected chi connectivity index (χ1v) is 12.7. The fourth-order valence-corrected chi connectivity index (χ4v) is 4.85.